The maximum atomic E-state index is 13.4. The van der Waals surface area contributed by atoms with E-state index in [-0.39, 0.29) is 22.8 Å². The largest absolute Gasteiger partial charge is 0.359 e. The highest BCUT2D eigenvalue weighted by Gasteiger charge is 2.41. The molecule has 2 aromatic heterocycles. The summed E-state index contributed by atoms with van der Waals surface area (Å²) in [6, 6.07) is 12.5. The Kier molecular flexibility index (Phi) is 5.41. The molecule has 34 heavy (non-hydrogen) atoms. The minimum atomic E-state index is -3.78. The quantitative estimate of drug-likeness (QED) is 0.432. The number of fused-ring (bicyclic) bond motifs is 1. The van der Waals surface area contributed by atoms with Gasteiger partial charge in [-0.05, 0) is 73.9 Å². The Morgan fingerprint density at radius 1 is 1.12 bits per heavy atom. The highest BCUT2D eigenvalue weighted by atomic mass is 32.2. The fourth-order valence-electron chi connectivity index (χ4n) is 4.03. The van der Waals surface area contributed by atoms with Gasteiger partial charge < -0.3 is 9.09 Å². The van der Waals surface area contributed by atoms with Gasteiger partial charge in [-0.3, -0.25) is 4.79 Å². The van der Waals surface area contributed by atoms with Crippen molar-refractivity contribution in [2.75, 3.05) is 0 Å². The van der Waals surface area contributed by atoms with Crippen LogP contribution in [0.4, 0.5) is 4.39 Å². The third-order valence-electron chi connectivity index (χ3n) is 6.14. The van der Waals surface area contributed by atoms with Crippen molar-refractivity contribution in [3.8, 4) is 0 Å². The number of halogens is 1. The molecule has 0 aliphatic heterocycles. The third-order valence-corrected chi connectivity index (χ3v) is 7.78. The van der Waals surface area contributed by atoms with Crippen LogP contribution in [0.5, 0.6) is 0 Å². The van der Waals surface area contributed by atoms with Crippen LogP contribution in [0.25, 0.3) is 10.8 Å². The fourth-order valence-corrected chi connectivity index (χ4v) is 5.52. The van der Waals surface area contributed by atoms with Crippen molar-refractivity contribution in [2.45, 2.75) is 50.1 Å². The lowest BCUT2D eigenvalue weighted by atomic mass is 10.0. The van der Waals surface area contributed by atoms with Gasteiger partial charge in [0.2, 0.25) is 10.0 Å². The van der Waals surface area contributed by atoms with Crippen molar-refractivity contribution >= 4 is 20.8 Å². The molecule has 1 aliphatic carbocycles. The molecule has 1 N–H and O–H groups in total. The number of nitrogens with zero attached hydrogens (tertiary/aromatic N) is 2. The highest BCUT2D eigenvalue weighted by molar-refractivity contribution is 7.89. The van der Waals surface area contributed by atoms with Crippen molar-refractivity contribution in [3.63, 3.8) is 0 Å². The van der Waals surface area contributed by atoms with Crippen LogP contribution >= 0.6 is 0 Å². The summed E-state index contributed by atoms with van der Waals surface area (Å²) in [5.74, 6) is 0.185. The number of nitrogens with one attached hydrogen (secondary N) is 1. The van der Waals surface area contributed by atoms with Crippen LogP contribution in [-0.2, 0) is 23.0 Å². The van der Waals surface area contributed by atoms with Gasteiger partial charge in [-0.15, -0.1) is 0 Å². The normalized spacial score (nSPS) is 15.0. The lowest BCUT2D eigenvalue weighted by Crippen LogP contribution is -2.34. The first kappa shape index (κ1) is 22.5. The Bertz CT molecular complexity index is 1550. The lowest BCUT2D eigenvalue weighted by Gasteiger charge is -2.15. The Hall–Kier alpha value is -3.30. The van der Waals surface area contributed by atoms with E-state index in [1.807, 2.05) is 6.92 Å². The van der Waals surface area contributed by atoms with E-state index in [4.69, 9.17) is 4.52 Å². The van der Waals surface area contributed by atoms with Crippen LogP contribution in [-0.4, -0.2) is 23.7 Å². The Labute approximate surface area is 196 Å². The number of aromatic nitrogens is 2. The Morgan fingerprint density at radius 3 is 2.50 bits per heavy atom. The number of benzene rings is 2. The van der Waals surface area contributed by atoms with E-state index in [0.29, 0.717) is 28.6 Å². The minimum Gasteiger partial charge on any atom is -0.359 e. The average molecular weight is 482 g/mol. The summed E-state index contributed by atoms with van der Waals surface area (Å²) in [4.78, 5) is 13.4. The van der Waals surface area contributed by atoms with Gasteiger partial charge in [0.25, 0.3) is 5.56 Å². The zero-order chi connectivity index (χ0) is 24.1. The molecule has 9 heteroatoms. The molecule has 0 atom stereocenters. The van der Waals surface area contributed by atoms with Gasteiger partial charge in [0, 0.05) is 23.2 Å². The number of rotatable bonds is 7. The van der Waals surface area contributed by atoms with E-state index in [2.05, 4.69) is 9.88 Å². The molecule has 1 saturated carbocycles. The number of hydrogen-bond donors (Lipinski definition) is 1. The highest BCUT2D eigenvalue weighted by Crippen LogP contribution is 2.36. The summed E-state index contributed by atoms with van der Waals surface area (Å²) in [6.45, 7) is 3.80. The molecule has 0 amide bonds. The molecule has 0 unspecified atom stereocenters. The lowest BCUT2D eigenvalue weighted by molar-refractivity contribution is 0.372. The van der Waals surface area contributed by atoms with Gasteiger partial charge >= 0.3 is 0 Å². The molecule has 0 spiro atoms. The molecule has 0 bridgehead atoms. The molecule has 5 rings (SSSR count). The first-order valence-electron chi connectivity index (χ1n) is 11.0. The van der Waals surface area contributed by atoms with Crippen LogP contribution in [0.1, 0.15) is 42.3 Å². The molecule has 1 fully saturated rings. The van der Waals surface area contributed by atoms with Gasteiger partial charge in [-0.1, -0.05) is 23.4 Å². The van der Waals surface area contributed by atoms with Crippen molar-refractivity contribution in [1.29, 1.82) is 0 Å². The topological polar surface area (TPSA) is 94.2 Å². The van der Waals surface area contributed by atoms with Gasteiger partial charge in [0.05, 0.1) is 17.1 Å². The average Bonchev–Trinajstić information content (AvgIpc) is 3.36. The summed E-state index contributed by atoms with van der Waals surface area (Å²) in [5, 5.41) is 4.82. The smallest absolute Gasteiger partial charge is 0.258 e. The SMILES string of the molecule is Cc1cc(Cn2cc(Cc3ccc(F)cc3)c3ccc(S(=O)(=O)NC4(C)CC4)cc3c2=O)on1. The first-order chi connectivity index (χ1) is 16.1. The van der Waals surface area contributed by atoms with Crippen LogP contribution in [0.3, 0.4) is 0 Å². The van der Waals surface area contributed by atoms with Gasteiger partial charge in [0.1, 0.15) is 5.82 Å². The molecule has 0 radical (unpaired) electrons. The van der Waals surface area contributed by atoms with Crippen LogP contribution in [0, 0.1) is 12.7 Å². The number of aryl methyl sites for hydroxylation is 1. The van der Waals surface area contributed by atoms with E-state index >= 15 is 0 Å². The maximum Gasteiger partial charge on any atom is 0.258 e. The fraction of sp³-hybridized carbons (Fsp3) is 0.280. The van der Waals surface area contributed by atoms with Crippen molar-refractivity contribution in [2.24, 2.45) is 0 Å². The monoisotopic (exact) mass is 481 g/mol. The molecule has 2 heterocycles. The Balaban J connectivity index is 1.63. The van der Waals surface area contributed by atoms with Gasteiger partial charge in [0.15, 0.2) is 5.76 Å². The molecule has 2 aromatic carbocycles. The standard InChI is InChI=1S/C25H24FN3O4S/c1-16-11-20(33-27-16)15-29-14-18(12-17-3-5-19(26)6-4-17)22-8-7-21(13-23(22)24(29)30)34(31,32)28-25(2)9-10-25/h3-8,11,13-14,28H,9-10,12,15H2,1-2H3. The zero-order valence-corrected chi connectivity index (χ0v) is 19.7. The number of sulfonamides is 1. The molecular weight excluding hydrogens is 457 g/mol. The summed E-state index contributed by atoms with van der Waals surface area (Å²) in [5.41, 5.74) is 1.61. The first-order valence-corrected chi connectivity index (χ1v) is 12.5. The number of pyridine rings is 1. The van der Waals surface area contributed by atoms with Crippen molar-refractivity contribution in [1.82, 2.24) is 14.4 Å². The predicted octanol–water partition coefficient (Wildman–Crippen LogP) is 3.91. The summed E-state index contributed by atoms with van der Waals surface area (Å²) >= 11 is 0. The van der Waals surface area contributed by atoms with E-state index in [1.54, 1.807) is 37.4 Å². The molecule has 176 valence electrons. The van der Waals surface area contributed by atoms with E-state index in [0.717, 1.165) is 24.0 Å². The minimum absolute atomic E-state index is 0.0474. The number of hydrogen-bond acceptors (Lipinski definition) is 5. The van der Waals surface area contributed by atoms with Crippen molar-refractivity contribution < 1.29 is 17.3 Å². The van der Waals surface area contributed by atoms with E-state index < -0.39 is 15.6 Å². The van der Waals surface area contributed by atoms with Gasteiger partial charge in [-0.2, -0.15) is 0 Å². The second-order valence-electron chi connectivity index (χ2n) is 9.20. The molecule has 4 aromatic rings. The van der Waals surface area contributed by atoms with Crippen LogP contribution in [0.15, 0.2) is 68.9 Å². The van der Waals surface area contributed by atoms with Gasteiger partial charge in [-0.25, -0.2) is 17.5 Å². The second kappa shape index (κ2) is 8.18. The van der Waals surface area contributed by atoms with E-state index in [9.17, 15) is 17.6 Å². The van der Waals surface area contributed by atoms with Crippen LogP contribution < -0.4 is 10.3 Å². The molecule has 7 nitrogen and oxygen atoms in total. The molecular formula is C25H24FN3O4S. The Morgan fingerprint density at radius 2 is 1.85 bits per heavy atom. The van der Waals surface area contributed by atoms with Crippen LogP contribution in [0.2, 0.25) is 0 Å². The molecule has 1 aliphatic rings. The van der Waals surface area contributed by atoms with E-state index in [1.165, 1.54) is 28.8 Å². The zero-order valence-electron chi connectivity index (χ0n) is 18.8. The molecule has 0 saturated heterocycles. The third kappa shape index (κ3) is 4.53. The predicted molar refractivity (Wildman–Crippen MR) is 126 cm³/mol. The summed E-state index contributed by atoms with van der Waals surface area (Å²) in [6.07, 6.45) is 3.74. The van der Waals surface area contributed by atoms with Crippen molar-refractivity contribution in [3.05, 3.63) is 93.5 Å². The second-order valence-corrected chi connectivity index (χ2v) is 10.9. The maximum absolute atomic E-state index is 13.4. The summed E-state index contributed by atoms with van der Waals surface area (Å²) in [7, 11) is -3.78. The summed E-state index contributed by atoms with van der Waals surface area (Å²) < 4.78 is 48.8.